The molecular formula is C12H16ClN3O2. The van der Waals surface area contributed by atoms with Gasteiger partial charge in [-0.2, -0.15) is 0 Å². The van der Waals surface area contributed by atoms with Crippen LogP contribution in [0.1, 0.15) is 31.0 Å². The highest BCUT2D eigenvalue weighted by molar-refractivity contribution is 6.28. The molecule has 0 saturated heterocycles. The molecule has 0 atom stereocenters. The second-order valence-corrected chi connectivity index (χ2v) is 4.59. The summed E-state index contributed by atoms with van der Waals surface area (Å²) >= 11 is 5.73. The van der Waals surface area contributed by atoms with Crippen molar-refractivity contribution in [2.24, 2.45) is 0 Å². The van der Waals surface area contributed by atoms with Gasteiger partial charge in [-0.3, -0.25) is 0 Å². The van der Waals surface area contributed by atoms with Crippen LogP contribution in [-0.4, -0.2) is 34.1 Å². The van der Waals surface area contributed by atoms with Crippen LogP contribution in [0.4, 0.5) is 4.79 Å². The number of hydrogen-bond acceptors (Lipinski definition) is 4. The average molecular weight is 270 g/mol. The minimum Gasteiger partial charge on any atom is -0.449 e. The highest BCUT2D eigenvalue weighted by Gasteiger charge is 2.22. The molecule has 0 saturated carbocycles. The number of fused-ring (bicyclic) bond motifs is 1. The molecule has 2 heterocycles. The van der Waals surface area contributed by atoms with Crippen LogP contribution in [0, 0.1) is 0 Å². The average Bonchev–Trinajstić information content (AvgIpc) is 2.38. The third-order valence-corrected chi connectivity index (χ3v) is 3.07. The van der Waals surface area contributed by atoms with Crippen LogP contribution in [0.25, 0.3) is 0 Å². The van der Waals surface area contributed by atoms with E-state index < -0.39 is 0 Å². The van der Waals surface area contributed by atoms with Crippen LogP contribution in [0.2, 0.25) is 5.28 Å². The lowest BCUT2D eigenvalue weighted by molar-refractivity contribution is 0.0963. The first kappa shape index (κ1) is 13.1. The number of carbonyl (C=O) groups excluding carboxylic acids is 1. The summed E-state index contributed by atoms with van der Waals surface area (Å²) < 4.78 is 5.18. The highest BCUT2D eigenvalue weighted by Crippen LogP contribution is 2.18. The highest BCUT2D eigenvalue weighted by atomic mass is 35.5. The molecule has 98 valence electrons. The summed E-state index contributed by atoms with van der Waals surface area (Å²) in [6, 6.07) is 0. The maximum absolute atomic E-state index is 11.8. The maximum Gasteiger partial charge on any atom is 0.410 e. The predicted octanol–water partition coefficient (Wildman–Crippen LogP) is 2.42. The predicted molar refractivity (Wildman–Crippen MR) is 67.4 cm³/mol. The Kier molecular flexibility index (Phi) is 4.36. The fourth-order valence-electron chi connectivity index (χ4n) is 1.84. The third-order valence-electron chi connectivity index (χ3n) is 2.89. The minimum absolute atomic E-state index is 0.257. The molecule has 0 bridgehead atoms. The molecule has 5 nitrogen and oxygen atoms in total. The lowest BCUT2D eigenvalue weighted by Gasteiger charge is -2.27. The van der Waals surface area contributed by atoms with Gasteiger partial charge in [0.25, 0.3) is 0 Å². The van der Waals surface area contributed by atoms with Crippen LogP contribution < -0.4 is 0 Å². The summed E-state index contributed by atoms with van der Waals surface area (Å²) in [6.07, 6.45) is 4.03. The van der Waals surface area contributed by atoms with E-state index in [-0.39, 0.29) is 11.4 Å². The van der Waals surface area contributed by atoms with Crippen molar-refractivity contribution in [3.63, 3.8) is 0 Å². The SMILES string of the molecule is CCCCOC(=O)N1CCc2nc(Cl)ncc2C1. The van der Waals surface area contributed by atoms with E-state index in [9.17, 15) is 4.79 Å². The first-order valence-corrected chi connectivity index (χ1v) is 6.50. The quantitative estimate of drug-likeness (QED) is 0.625. The van der Waals surface area contributed by atoms with Gasteiger partial charge in [0.2, 0.25) is 5.28 Å². The molecule has 0 aliphatic carbocycles. The molecule has 0 N–H and O–H groups in total. The minimum atomic E-state index is -0.260. The number of ether oxygens (including phenoxy) is 1. The molecule has 6 heteroatoms. The van der Waals surface area contributed by atoms with Gasteiger partial charge in [-0.05, 0) is 18.0 Å². The summed E-state index contributed by atoms with van der Waals surface area (Å²) in [5.74, 6) is 0. The van der Waals surface area contributed by atoms with Gasteiger partial charge in [0.1, 0.15) is 0 Å². The van der Waals surface area contributed by atoms with Gasteiger partial charge in [0, 0.05) is 24.7 Å². The Bertz CT molecular complexity index is 439. The van der Waals surface area contributed by atoms with Crippen LogP contribution in [0.3, 0.4) is 0 Å². The van der Waals surface area contributed by atoms with Crippen molar-refractivity contribution >= 4 is 17.7 Å². The van der Waals surface area contributed by atoms with Crippen molar-refractivity contribution in [1.29, 1.82) is 0 Å². The molecule has 2 rings (SSSR count). The second kappa shape index (κ2) is 6.00. The maximum atomic E-state index is 11.8. The fraction of sp³-hybridized carbons (Fsp3) is 0.583. The van der Waals surface area contributed by atoms with E-state index in [0.717, 1.165) is 24.1 Å². The number of hydrogen-bond donors (Lipinski definition) is 0. The molecule has 1 aliphatic heterocycles. The van der Waals surface area contributed by atoms with Crippen molar-refractivity contribution in [2.45, 2.75) is 32.7 Å². The van der Waals surface area contributed by atoms with E-state index in [4.69, 9.17) is 16.3 Å². The van der Waals surface area contributed by atoms with Gasteiger partial charge in [-0.15, -0.1) is 0 Å². The molecule has 0 unspecified atom stereocenters. The lowest BCUT2D eigenvalue weighted by atomic mass is 10.1. The standard InChI is InChI=1S/C12H16ClN3O2/c1-2-3-6-18-12(17)16-5-4-10-9(8-16)7-14-11(13)15-10/h7H,2-6,8H2,1H3. The van der Waals surface area contributed by atoms with Gasteiger partial charge < -0.3 is 9.64 Å². The normalized spacial score (nSPS) is 14.2. The molecule has 1 aromatic rings. The Hall–Kier alpha value is -1.36. The van der Waals surface area contributed by atoms with Gasteiger partial charge in [0.05, 0.1) is 18.8 Å². The van der Waals surface area contributed by atoms with Gasteiger partial charge in [-0.1, -0.05) is 13.3 Å². The van der Waals surface area contributed by atoms with Crippen molar-refractivity contribution in [1.82, 2.24) is 14.9 Å². The Balaban J connectivity index is 1.95. The molecule has 0 aromatic carbocycles. The molecular weight excluding hydrogens is 254 g/mol. The van der Waals surface area contributed by atoms with E-state index in [1.807, 2.05) is 0 Å². The largest absolute Gasteiger partial charge is 0.449 e. The summed E-state index contributed by atoms with van der Waals surface area (Å²) in [5, 5.41) is 0.257. The molecule has 0 radical (unpaired) electrons. The second-order valence-electron chi connectivity index (χ2n) is 4.25. The first-order valence-electron chi connectivity index (χ1n) is 6.12. The zero-order valence-electron chi connectivity index (χ0n) is 10.4. The topological polar surface area (TPSA) is 55.3 Å². The summed E-state index contributed by atoms with van der Waals surface area (Å²) in [5.41, 5.74) is 1.87. The van der Waals surface area contributed by atoms with Crippen molar-refractivity contribution < 1.29 is 9.53 Å². The lowest BCUT2D eigenvalue weighted by Crippen LogP contribution is -2.37. The number of carbonyl (C=O) groups is 1. The van der Waals surface area contributed by atoms with Crippen LogP contribution >= 0.6 is 11.6 Å². The third kappa shape index (κ3) is 3.10. The Morgan fingerprint density at radius 2 is 2.44 bits per heavy atom. The zero-order valence-corrected chi connectivity index (χ0v) is 11.1. The number of rotatable bonds is 3. The summed E-state index contributed by atoms with van der Waals surface area (Å²) in [4.78, 5) is 21.6. The summed E-state index contributed by atoms with van der Waals surface area (Å²) in [7, 11) is 0. The summed E-state index contributed by atoms with van der Waals surface area (Å²) in [6.45, 7) is 3.66. The van der Waals surface area contributed by atoms with Crippen LogP contribution in [0.15, 0.2) is 6.20 Å². The van der Waals surface area contributed by atoms with Crippen LogP contribution in [0.5, 0.6) is 0 Å². The fourth-order valence-corrected chi connectivity index (χ4v) is 1.99. The smallest absolute Gasteiger partial charge is 0.410 e. The Morgan fingerprint density at radius 3 is 3.22 bits per heavy atom. The van der Waals surface area contributed by atoms with Gasteiger partial charge in [0.15, 0.2) is 0 Å². The Labute approximate surface area is 111 Å². The number of nitrogens with zero attached hydrogens (tertiary/aromatic N) is 3. The monoisotopic (exact) mass is 269 g/mol. The van der Waals surface area contributed by atoms with E-state index in [0.29, 0.717) is 26.1 Å². The molecule has 0 fully saturated rings. The van der Waals surface area contributed by atoms with Crippen molar-refractivity contribution in [2.75, 3.05) is 13.2 Å². The van der Waals surface area contributed by atoms with E-state index in [1.165, 1.54) is 0 Å². The van der Waals surface area contributed by atoms with Gasteiger partial charge in [-0.25, -0.2) is 14.8 Å². The number of aromatic nitrogens is 2. The molecule has 1 aromatic heterocycles. The molecule has 1 amide bonds. The van der Waals surface area contributed by atoms with E-state index >= 15 is 0 Å². The van der Waals surface area contributed by atoms with Crippen molar-refractivity contribution in [3.8, 4) is 0 Å². The van der Waals surface area contributed by atoms with E-state index in [2.05, 4.69) is 16.9 Å². The van der Waals surface area contributed by atoms with Crippen LogP contribution in [-0.2, 0) is 17.7 Å². The molecule has 18 heavy (non-hydrogen) atoms. The Morgan fingerprint density at radius 1 is 1.61 bits per heavy atom. The van der Waals surface area contributed by atoms with Crippen molar-refractivity contribution in [3.05, 3.63) is 22.7 Å². The zero-order chi connectivity index (χ0) is 13.0. The number of halogens is 1. The number of amides is 1. The van der Waals surface area contributed by atoms with Gasteiger partial charge >= 0.3 is 6.09 Å². The molecule has 1 aliphatic rings. The molecule has 0 spiro atoms. The van der Waals surface area contributed by atoms with E-state index in [1.54, 1.807) is 11.1 Å². The number of unbranched alkanes of at least 4 members (excludes halogenated alkanes) is 1. The first-order chi connectivity index (χ1) is 8.70.